The van der Waals surface area contributed by atoms with Gasteiger partial charge in [0.15, 0.2) is 0 Å². The lowest BCUT2D eigenvalue weighted by atomic mass is 10.0. The molecule has 2 aromatic carbocycles. The summed E-state index contributed by atoms with van der Waals surface area (Å²) < 4.78 is 0. The minimum Gasteiger partial charge on any atom is -0.362 e. The number of fused-ring (bicyclic) bond motifs is 1. The average Bonchev–Trinajstić information content (AvgIpc) is 2.58. The van der Waals surface area contributed by atoms with E-state index in [1.54, 1.807) is 0 Å². The van der Waals surface area contributed by atoms with Gasteiger partial charge >= 0.3 is 6.03 Å². The number of nitrogens with one attached hydrogen (secondary N) is 2. The monoisotopic (exact) mass is 337 g/mol. The largest absolute Gasteiger partial charge is 0.362 e. The summed E-state index contributed by atoms with van der Waals surface area (Å²) in [6, 6.07) is 13.3. The van der Waals surface area contributed by atoms with E-state index in [0.717, 1.165) is 36.2 Å². The zero-order valence-electron chi connectivity index (χ0n) is 14.6. The molecule has 3 amide bonds. The van der Waals surface area contributed by atoms with Gasteiger partial charge in [-0.3, -0.25) is 10.1 Å². The number of rotatable bonds is 3. The Morgan fingerprint density at radius 3 is 2.68 bits per heavy atom. The molecule has 0 saturated carbocycles. The van der Waals surface area contributed by atoms with Gasteiger partial charge < -0.3 is 10.2 Å². The molecule has 5 nitrogen and oxygen atoms in total. The number of carbonyl (C=O) groups is 2. The molecular weight excluding hydrogens is 314 g/mol. The zero-order valence-corrected chi connectivity index (χ0v) is 14.6. The van der Waals surface area contributed by atoms with E-state index in [1.165, 1.54) is 5.56 Å². The molecule has 1 aliphatic rings. The van der Waals surface area contributed by atoms with Crippen LogP contribution in [0.15, 0.2) is 42.5 Å². The summed E-state index contributed by atoms with van der Waals surface area (Å²) in [6.45, 7) is 5.00. The first-order chi connectivity index (χ1) is 12.0. The smallest absolute Gasteiger partial charge is 0.325 e. The van der Waals surface area contributed by atoms with Crippen LogP contribution >= 0.6 is 0 Å². The van der Waals surface area contributed by atoms with Crippen LogP contribution in [0.4, 0.5) is 16.2 Å². The van der Waals surface area contributed by atoms with Crippen LogP contribution in [0.1, 0.15) is 23.1 Å². The molecule has 1 aliphatic heterocycles. The minimum absolute atomic E-state index is 0.178. The Kier molecular flexibility index (Phi) is 5.03. The van der Waals surface area contributed by atoms with Crippen LogP contribution < -0.4 is 15.5 Å². The predicted molar refractivity (Wildman–Crippen MR) is 100 cm³/mol. The highest BCUT2D eigenvalue weighted by molar-refractivity contribution is 6.02. The van der Waals surface area contributed by atoms with Gasteiger partial charge in [0.1, 0.15) is 0 Å². The van der Waals surface area contributed by atoms with Crippen molar-refractivity contribution in [3.63, 3.8) is 0 Å². The number of hydrogen-bond donors (Lipinski definition) is 2. The lowest BCUT2D eigenvalue weighted by Crippen LogP contribution is -2.43. The maximum Gasteiger partial charge on any atom is 0.325 e. The number of nitrogens with zero attached hydrogens (tertiary/aromatic N) is 1. The van der Waals surface area contributed by atoms with E-state index in [9.17, 15) is 9.59 Å². The average molecular weight is 337 g/mol. The van der Waals surface area contributed by atoms with Crippen molar-refractivity contribution >= 4 is 23.3 Å². The number of imide groups is 1. The van der Waals surface area contributed by atoms with Gasteiger partial charge in [-0.25, -0.2) is 4.79 Å². The predicted octanol–water partition coefficient (Wildman–Crippen LogP) is 3.40. The highest BCUT2D eigenvalue weighted by atomic mass is 16.2. The number of amides is 3. The van der Waals surface area contributed by atoms with Crippen molar-refractivity contribution in [2.24, 2.45) is 0 Å². The van der Waals surface area contributed by atoms with Crippen LogP contribution in [-0.4, -0.2) is 25.0 Å². The number of benzene rings is 2. The van der Waals surface area contributed by atoms with Crippen LogP contribution in [0.5, 0.6) is 0 Å². The summed E-state index contributed by atoms with van der Waals surface area (Å²) in [7, 11) is 0. The van der Waals surface area contributed by atoms with E-state index in [0.29, 0.717) is 5.69 Å². The van der Waals surface area contributed by atoms with Gasteiger partial charge in [0, 0.05) is 17.9 Å². The molecule has 0 radical (unpaired) electrons. The van der Waals surface area contributed by atoms with Gasteiger partial charge in [-0.05, 0) is 61.6 Å². The number of para-hydroxylation sites is 1. The van der Waals surface area contributed by atoms with E-state index < -0.39 is 6.03 Å². The van der Waals surface area contributed by atoms with Crippen LogP contribution in [0, 0.1) is 13.8 Å². The van der Waals surface area contributed by atoms with Crippen molar-refractivity contribution in [3.05, 3.63) is 59.2 Å². The van der Waals surface area contributed by atoms with Gasteiger partial charge in [-0.15, -0.1) is 0 Å². The van der Waals surface area contributed by atoms with Gasteiger partial charge in [-0.2, -0.15) is 0 Å². The quantitative estimate of drug-likeness (QED) is 0.902. The Labute approximate surface area is 148 Å². The van der Waals surface area contributed by atoms with Crippen molar-refractivity contribution < 1.29 is 9.59 Å². The van der Waals surface area contributed by atoms with Gasteiger partial charge in [0.05, 0.1) is 6.54 Å². The molecule has 2 N–H and O–H groups in total. The van der Waals surface area contributed by atoms with Crippen molar-refractivity contribution in [1.29, 1.82) is 0 Å². The van der Waals surface area contributed by atoms with E-state index in [-0.39, 0.29) is 12.5 Å². The Balaban J connectivity index is 1.57. The third-order valence-electron chi connectivity index (χ3n) is 4.56. The molecule has 0 atom stereocenters. The molecule has 1 heterocycles. The number of hydrogen-bond acceptors (Lipinski definition) is 3. The van der Waals surface area contributed by atoms with Crippen molar-refractivity contribution in [3.8, 4) is 0 Å². The van der Waals surface area contributed by atoms with Crippen molar-refractivity contribution in [1.82, 2.24) is 5.32 Å². The van der Waals surface area contributed by atoms with Gasteiger partial charge in [0.2, 0.25) is 5.91 Å². The maximum absolute atomic E-state index is 12.2. The maximum atomic E-state index is 12.2. The Morgan fingerprint density at radius 2 is 1.88 bits per heavy atom. The molecule has 3 rings (SSSR count). The summed E-state index contributed by atoms with van der Waals surface area (Å²) in [5.74, 6) is -0.307. The molecule has 0 spiro atoms. The van der Waals surface area contributed by atoms with E-state index >= 15 is 0 Å². The summed E-state index contributed by atoms with van der Waals surface area (Å²) in [5.41, 5.74) is 5.26. The summed E-state index contributed by atoms with van der Waals surface area (Å²) in [4.78, 5) is 26.3. The Bertz CT molecular complexity index is 801. The lowest BCUT2D eigenvalue weighted by molar-refractivity contribution is -0.118. The fraction of sp³-hybridized carbons (Fsp3) is 0.300. The molecule has 0 saturated heterocycles. The van der Waals surface area contributed by atoms with Crippen LogP contribution in [0.2, 0.25) is 0 Å². The first-order valence-electron chi connectivity index (χ1n) is 8.54. The van der Waals surface area contributed by atoms with Crippen molar-refractivity contribution in [2.75, 3.05) is 23.3 Å². The van der Waals surface area contributed by atoms with Crippen LogP contribution in [0.3, 0.4) is 0 Å². The highest BCUT2D eigenvalue weighted by Gasteiger charge is 2.19. The summed E-state index contributed by atoms with van der Waals surface area (Å²) >= 11 is 0. The summed E-state index contributed by atoms with van der Waals surface area (Å²) in [6.07, 6.45) is 2.04. The van der Waals surface area contributed by atoms with Crippen LogP contribution in [-0.2, 0) is 11.2 Å². The molecule has 0 unspecified atom stereocenters. The molecule has 25 heavy (non-hydrogen) atoms. The molecule has 5 heteroatoms. The number of anilines is 2. The summed E-state index contributed by atoms with van der Waals surface area (Å²) in [5, 5.41) is 5.12. The standard InChI is InChI=1S/C20H23N3O2/c1-14-9-10-17(12-15(14)2)21-20(25)22-19(24)13-23-11-5-7-16-6-3-4-8-18(16)23/h3-4,6,8-10,12H,5,7,11,13H2,1-2H3,(H2,21,22,24,25). The molecule has 0 bridgehead atoms. The topological polar surface area (TPSA) is 61.4 Å². The molecular formula is C20H23N3O2. The van der Waals surface area contributed by atoms with Crippen LogP contribution in [0.25, 0.3) is 0 Å². The Morgan fingerprint density at radius 1 is 1.08 bits per heavy atom. The number of aryl methyl sites for hydroxylation is 3. The second-order valence-electron chi connectivity index (χ2n) is 6.46. The third kappa shape index (κ3) is 4.18. The second kappa shape index (κ2) is 7.38. The van der Waals surface area contributed by atoms with Crippen molar-refractivity contribution in [2.45, 2.75) is 26.7 Å². The normalized spacial score (nSPS) is 13.1. The van der Waals surface area contributed by atoms with E-state index in [4.69, 9.17) is 0 Å². The fourth-order valence-corrected chi connectivity index (χ4v) is 3.10. The number of carbonyl (C=O) groups excluding carboxylic acids is 2. The van der Waals surface area contributed by atoms with Gasteiger partial charge in [-0.1, -0.05) is 24.3 Å². The highest BCUT2D eigenvalue weighted by Crippen LogP contribution is 2.26. The molecule has 0 fully saturated rings. The first-order valence-corrected chi connectivity index (χ1v) is 8.54. The fourth-order valence-electron chi connectivity index (χ4n) is 3.10. The number of urea groups is 1. The van der Waals surface area contributed by atoms with E-state index in [1.807, 2.05) is 55.1 Å². The first kappa shape index (κ1) is 17.0. The molecule has 0 aromatic heterocycles. The van der Waals surface area contributed by atoms with E-state index in [2.05, 4.69) is 16.7 Å². The third-order valence-corrected chi connectivity index (χ3v) is 4.56. The van der Waals surface area contributed by atoms with Gasteiger partial charge in [0.25, 0.3) is 0 Å². The zero-order chi connectivity index (χ0) is 17.8. The second-order valence-corrected chi connectivity index (χ2v) is 6.46. The molecule has 130 valence electrons. The molecule has 2 aromatic rings. The lowest BCUT2D eigenvalue weighted by Gasteiger charge is -2.30. The Hall–Kier alpha value is -2.82. The SMILES string of the molecule is Cc1ccc(NC(=O)NC(=O)CN2CCCc3ccccc32)cc1C. The molecule has 0 aliphatic carbocycles. The minimum atomic E-state index is -0.501.